The third-order valence-electron chi connectivity index (χ3n) is 10.5. The van der Waals surface area contributed by atoms with Crippen molar-refractivity contribution in [3.05, 3.63) is 207 Å². The molecule has 0 atom stereocenters. The predicted octanol–water partition coefficient (Wildman–Crippen LogP) is 13.2. The third kappa shape index (κ3) is 6.19. The van der Waals surface area contributed by atoms with Crippen molar-refractivity contribution in [2.75, 3.05) is 0 Å². The van der Waals surface area contributed by atoms with Gasteiger partial charge in [0.25, 0.3) is 0 Å². The molecule has 0 amide bonds. The Balaban J connectivity index is 1.10. The predicted molar refractivity (Wildman–Crippen MR) is 231 cm³/mol. The Bertz CT molecular complexity index is 2920. The Labute approximate surface area is 325 Å². The molecule has 0 fully saturated rings. The molecule has 0 unspecified atom stereocenters. The number of benzene rings is 7. The first-order chi connectivity index (χ1) is 27.8. The van der Waals surface area contributed by atoms with Crippen LogP contribution in [0.1, 0.15) is 0 Å². The molecule has 4 heteroatoms. The number of hydrogen-bond acceptors (Lipinski definition) is 4. The van der Waals surface area contributed by atoms with Gasteiger partial charge >= 0.3 is 0 Å². The SMILES string of the molecule is c1ccc(-c2c3ccccc3c(-c3ccc(-c4nc(-c5ccc(-c6cccnc6)cc5)cc(-c5cccc(-c6cccnc6)c5)n4)cc3)c3ccccc23)cc1. The van der Waals surface area contributed by atoms with E-state index in [1.807, 2.05) is 24.5 Å². The molecular weight excluding hydrogens is 681 g/mol. The van der Waals surface area contributed by atoms with Crippen LogP contribution >= 0.6 is 0 Å². The third-order valence-corrected chi connectivity index (χ3v) is 10.5. The van der Waals surface area contributed by atoms with Crippen LogP contribution in [0.25, 0.3) is 100.0 Å². The molecule has 3 heterocycles. The molecule has 0 N–H and O–H groups in total. The summed E-state index contributed by atoms with van der Waals surface area (Å²) >= 11 is 0. The second-order valence-electron chi connectivity index (χ2n) is 13.9. The number of hydrogen-bond donors (Lipinski definition) is 0. The zero-order valence-corrected chi connectivity index (χ0v) is 30.4. The van der Waals surface area contributed by atoms with Crippen molar-refractivity contribution in [1.29, 1.82) is 0 Å². The maximum atomic E-state index is 5.21. The fraction of sp³-hybridized carbons (Fsp3) is 0. The summed E-state index contributed by atoms with van der Waals surface area (Å²) in [6.07, 6.45) is 7.37. The molecule has 0 radical (unpaired) electrons. The lowest BCUT2D eigenvalue weighted by atomic mass is 9.86. The first kappa shape index (κ1) is 33.0. The molecule has 0 saturated heterocycles. The average molecular weight is 715 g/mol. The maximum absolute atomic E-state index is 5.21. The van der Waals surface area contributed by atoms with Crippen LogP contribution in [-0.2, 0) is 0 Å². The van der Waals surface area contributed by atoms with Gasteiger partial charge in [0.05, 0.1) is 11.4 Å². The monoisotopic (exact) mass is 714 g/mol. The van der Waals surface area contributed by atoms with Crippen molar-refractivity contribution in [2.24, 2.45) is 0 Å². The van der Waals surface area contributed by atoms with E-state index in [-0.39, 0.29) is 0 Å². The summed E-state index contributed by atoms with van der Waals surface area (Å²) in [6.45, 7) is 0. The summed E-state index contributed by atoms with van der Waals surface area (Å²) in [5, 5.41) is 4.92. The van der Waals surface area contributed by atoms with E-state index in [0.29, 0.717) is 5.82 Å². The molecule has 7 aromatic carbocycles. The van der Waals surface area contributed by atoms with Crippen LogP contribution in [0.4, 0.5) is 0 Å². The quantitative estimate of drug-likeness (QED) is 0.154. The molecule has 3 aromatic heterocycles. The van der Waals surface area contributed by atoms with Crippen molar-refractivity contribution in [2.45, 2.75) is 0 Å². The lowest BCUT2D eigenvalue weighted by Gasteiger charge is -2.18. The molecule has 0 bridgehead atoms. The van der Waals surface area contributed by atoms with E-state index in [0.717, 1.165) is 55.9 Å². The minimum absolute atomic E-state index is 0.668. The van der Waals surface area contributed by atoms with Crippen LogP contribution < -0.4 is 0 Å². The fourth-order valence-electron chi connectivity index (χ4n) is 7.77. The fourth-order valence-corrected chi connectivity index (χ4v) is 7.77. The van der Waals surface area contributed by atoms with Gasteiger partial charge in [-0.15, -0.1) is 0 Å². The minimum atomic E-state index is 0.668. The molecule has 0 aliphatic rings. The smallest absolute Gasteiger partial charge is 0.160 e. The molecule has 0 aliphatic carbocycles. The van der Waals surface area contributed by atoms with E-state index in [1.165, 1.54) is 38.2 Å². The van der Waals surface area contributed by atoms with Crippen molar-refractivity contribution in [3.8, 4) is 78.4 Å². The number of aromatic nitrogens is 4. The van der Waals surface area contributed by atoms with Gasteiger partial charge in [-0.3, -0.25) is 9.97 Å². The molecule has 10 aromatic rings. The van der Waals surface area contributed by atoms with Gasteiger partial charge in [-0.25, -0.2) is 9.97 Å². The molecule has 4 nitrogen and oxygen atoms in total. The Morgan fingerprint density at radius 3 is 1.27 bits per heavy atom. The van der Waals surface area contributed by atoms with Gasteiger partial charge in [0.15, 0.2) is 5.82 Å². The Morgan fingerprint density at radius 2 is 0.696 bits per heavy atom. The van der Waals surface area contributed by atoms with Gasteiger partial charge in [-0.2, -0.15) is 0 Å². The van der Waals surface area contributed by atoms with Crippen molar-refractivity contribution >= 4 is 21.5 Å². The van der Waals surface area contributed by atoms with E-state index >= 15 is 0 Å². The first-order valence-electron chi connectivity index (χ1n) is 18.8. The standard InChI is InChI=1S/C52H34N4/c1-2-11-37(12-3-1)50-44-17-4-6-19-46(44)51(47-20-7-5-18-45(47)50)38-25-27-39(28-26-38)52-55-48(36-23-21-35(22-24-36)42-15-9-29-53-33-42)32-49(56-52)41-14-8-13-40(31-41)43-16-10-30-54-34-43/h1-34H. The van der Waals surface area contributed by atoms with Crippen molar-refractivity contribution < 1.29 is 0 Å². The number of rotatable bonds is 7. The van der Waals surface area contributed by atoms with E-state index in [9.17, 15) is 0 Å². The molecule has 0 aliphatic heterocycles. The zero-order chi connectivity index (χ0) is 37.3. The normalized spacial score (nSPS) is 11.2. The van der Waals surface area contributed by atoms with Gasteiger partial charge in [0.1, 0.15) is 0 Å². The second kappa shape index (κ2) is 14.3. The van der Waals surface area contributed by atoms with E-state index in [4.69, 9.17) is 9.97 Å². The molecule has 262 valence electrons. The summed E-state index contributed by atoms with van der Waals surface area (Å²) in [5.74, 6) is 0.668. The van der Waals surface area contributed by atoms with Gasteiger partial charge in [0, 0.05) is 47.0 Å². The van der Waals surface area contributed by atoms with Crippen molar-refractivity contribution in [3.63, 3.8) is 0 Å². The number of pyridine rings is 2. The number of nitrogens with zero attached hydrogens (tertiary/aromatic N) is 4. The minimum Gasteiger partial charge on any atom is -0.264 e. The van der Waals surface area contributed by atoms with Gasteiger partial charge < -0.3 is 0 Å². The highest BCUT2D eigenvalue weighted by Crippen LogP contribution is 2.44. The summed E-state index contributed by atoms with van der Waals surface area (Å²) in [7, 11) is 0. The summed E-state index contributed by atoms with van der Waals surface area (Å²) in [6, 6.07) is 64.1. The molecule has 56 heavy (non-hydrogen) atoms. The molecule has 0 saturated carbocycles. The highest BCUT2D eigenvalue weighted by atomic mass is 14.9. The topological polar surface area (TPSA) is 51.6 Å². The maximum Gasteiger partial charge on any atom is 0.160 e. The van der Waals surface area contributed by atoms with E-state index in [1.54, 1.807) is 12.4 Å². The van der Waals surface area contributed by atoms with Crippen LogP contribution in [0.2, 0.25) is 0 Å². The first-order valence-corrected chi connectivity index (χ1v) is 18.8. The second-order valence-corrected chi connectivity index (χ2v) is 13.9. The highest BCUT2D eigenvalue weighted by Gasteiger charge is 2.17. The summed E-state index contributed by atoms with van der Waals surface area (Å²) < 4.78 is 0. The van der Waals surface area contributed by atoms with Crippen LogP contribution in [0.15, 0.2) is 207 Å². The van der Waals surface area contributed by atoms with Crippen molar-refractivity contribution in [1.82, 2.24) is 19.9 Å². The van der Waals surface area contributed by atoms with Crippen LogP contribution in [0.5, 0.6) is 0 Å². The Hall–Kier alpha value is -7.56. The Kier molecular flexibility index (Phi) is 8.47. The Morgan fingerprint density at radius 1 is 0.268 bits per heavy atom. The highest BCUT2D eigenvalue weighted by molar-refractivity contribution is 6.21. The van der Waals surface area contributed by atoms with E-state index in [2.05, 4.69) is 180 Å². The number of fused-ring (bicyclic) bond motifs is 2. The molecule has 10 rings (SSSR count). The summed E-state index contributed by atoms with van der Waals surface area (Å²) in [4.78, 5) is 19.1. The summed E-state index contributed by atoms with van der Waals surface area (Å²) in [5.41, 5.74) is 13.8. The van der Waals surface area contributed by atoms with Crippen LogP contribution in [-0.4, -0.2) is 19.9 Å². The lowest BCUT2D eigenvalue weighted by Crippen LogP contribution is -1.96. The van der Waals surface area contributed by atoms with Crippen LogP contribution in [0.3, 0.4) is 0 Å². The van der Waals surface area contributed by atoms with Gasteiger partial charge in [-0.1, -0.05) is 158 Å². The van der Waals surface area contributed by atoms with Gasteiger partial charge in [0.2, 0.25) is 0 Å². The van der Waals surface area contributed by atoms with Crippen LogP contribution in [0, 0.1) is 0 Å². The lowest BCUT2D eigenvalue weighted by molar-refractivity contribution is 1.18. The van der Waals surface area contributed by atoms with E-state index < -0.39 is 0 Å². The van der Waals surface area contributed by atoms with Gasteiger partial charge in [-0.05, 0) is 84.8 Å². The molecule has 0 spiro atoms. The zero-order valence-electron chi connectivity index (χ0n) is 30.4. The largest absolute Gasteiger partial charge is 0.264 e. The molecular formula is C52H34N4. The average Bonchev–Trinajstić information content (AvgIpc) is 3.29.